The summed E-state index contributed by atoms with van der Waals surface area (Å²) in [6.45, 7) is 4.85. The first-order valence-corrected chi connectivity index (χ1v) is 24.4. The van der Waals surface area contributed by atoms with Gasteiger partial charge in [0, 0.05) is 86.8 Å². The third kappa shape index (κ3) is 10.6. The van der Waals surface area contributed by atoms with Crippen LogP contribution < -0.4 is 31.5 Å². The lowest BCUT2D eigenvalue weighted by atomic mass is 9.75. The number of nitrogens with zero attached hydrogens (tertiary/aromatic N) is 9. The molecular weight excluding hydrogens is 925 g/mol. The predicted molar refractivity (Wildman–Crippen MR) is 268 cm³/mol. The van der Waals surface area contributed by atoms with Gasteiger partial charge in [-0.15, -0.1) is 0 Å². The lowest BCUT2D eigenvalue weighted by molar-refractivity contribution is -0.138. The van der Waals surface area contributed by atoms with Gasteiger partial charge in [0.05, 0.1) is 52.9 Å². The van der Waals surface area contributed by atoms with Gasteiger partial charge in [0.25, 0.3) is 0 Å². The van der Waals surface area contributed by atoms with E-state index in [1.54, 1.807) is 52.3 Å². The number of fused-ring (bicyclic) bond motifs is 1. The van der Waals surface area contributed by atoms with Gasteiger partial charge in [0.2, 0.25) is 23.6 Å². The van der Waals surface area contributed by atoms with Crippen molar-refractivity contribution in [2.75, 3.05) is 59.7 Å². The summed E-state index contributed by atoms with van der Waals surface area (Å²) in [4.78, 5) is 71.0. The molecule has 4 aliphatic heterocycles. The molecule has 374 valence electrons. The molecule has 0 radical (unpaired) electrons. The summed E-state index contributed by atoms with van der Waals surface area (Å²) in [7, 11) is 0. The highest BCUT2D eigenvalue weighted by Gasteiger charge is 2.41. The molecule has 1 atom stereocenters. The Morgan fingerprint density at radius 3 is 2.33 bits per heavy atom. The number of nitriles is 1. The van der Waals surface area contributed by atoms with Crippen LogP contribution in [0.5, 0.6) is 0 Å². The number of aliphatic hydroxyl groups is 1. The summed E-state index contributed by atoms with van der Waals surface area (Å²) in [5.41, 5.74) is 8.72. The number of carbonyl (C=O) groups is 4. The highest BCUT2D eigenvalue weighted by molar-refractivity contribution is 6.09. The Morgan fingerprint density at radius 2 is 1.68 bits per heavy atom. The van der Waals surface area contributed by atoms with E-state index in [-0.39, 0.29) is 55.3 Å². The van der Waals surface area contributed by atoms with Crippen LogP contribution in [0.1, 0.15) is 82.4 Å². The minimum absolute atomic E-state index is 0.0409. The number of aromatic nitrogens is 4. The molecule has 0 aliphatic carbocycles. The number of anilines is 4. The fourth-order valence-electron chi connectivity index (χ4n) is 10.1. The Morgan fingerprint density at radius 1 is 0.958 bits per heavy atom. The quantitative estimate of drug-likeness (QED) is 0.0717. The van der Waals surface area contributed by atoms with Crippen LogP contribution in [0.2, 0.25) is 0 Å². The SMILES string of the molecule is CCC1(C(=O)Nc2ccc(F)cc2)CCN(c2ccc(-c3nc(C(C=NC4CCN(C(=O)CC5(O)CCN(c6ccc(NC7CCC(=O)NC7=O)cc6F)CC5)CC4)=CN)cn4ncc(C#N)c34)cn2)CC1. The molecule has 4 amide bonds. The number of allylic oxidation sites excluding steroid dienone is 1. The average Bonchev–Trinajstić information content (AvgIpc) is 3.82. The Labute approximate surface area is 415 Å². The second-order valence-corrected chi connectivity index (χ2v) is 19.1. The number of nitrogens with one attached hydrogen (secondary N) is 3. The number of aliphatic imine (C=N–C) groups is 1. The van der Waals surface area contributed by atoms with Crippen LogP contribution in [0.25, 0.3) is 22.3 Å². The lowest BCUT2D eigenvalue weighted by Crippen LogP contribution is -2.49. The van der Waals surface area contributed by atoms with Gasteiger partial charge in [-0.2, -0.15) is 10.4 Å². The number of imide groups is 1. The first-order chi connectivity index (χ1) is 34.8. The van der Waals surface area contributed by atoms with Gasteiger partial charge < -0.3 is 36.2 Å². The third-order valence-electron chi connectivity index (χ3n) is 14.7. The number of hydrogen-bond acceptors (Lipinski definition) is 14. The molecule has 0 bridgehead atoms. The molecule has 0 saturated carbocycles. The summed E-state index contributed by atoms with van der Waals surface area (Å²) < 4.78 is 30.4. The summed E-state index contributed by atoms with van der Waals surface area (Å²) in [5, 5.41) is 34.2. The number of nitrogens with two attached hydrogens (primary N) is 1. The molecule has 4 fully saturated rings. The topological polar surface area (TPSA) is 240 Å². The molecule has 4 saturated heterocycles. The summed E-state index contributed by atoms with van der Waals surface area (Å²) in [6.07, 6.45) is 12.1. The van der Waals surface area contributed by atoms with Crippen molar-refractivity contribution in [3.8, 4) is 17.3 Å². The van der Waals surface area contributed by atoms with Crippen molar-refractivity contribution < 1.29 is 33.1 Å². The molecule has 3 aromatic heterocycles. The van der Waals surface area contributed by atoms with Crippen LogP contribution in [-0.2, 0) is 19.2 Å². The van der Waals surface area contributed by atoms with Crippen molar-refractivity contribution in [3.63, 3.8) is 0 Å². The Balaban J connectivity index is 0.784. The van der Waals surface area contributed by atoms with E-state index >= 15 is 4.39 Å². The Bertz CT molecular complexity index is 2950. The first-order valence-electron chi connectivity index (χ1n) is 24.4. The van der Waals surface area contributed by atoms with Crippen molar-refractivity contribution in [1.29, 1.82) is 5.26 Å². The smallest absolute Gasteiger partial charge is 0.249 e. The van der Waals surface area contributed by atoms with E-state index in [1.807, 2.05) is 24.0 Å². The van der Waals surface area contributed by atoms with Gasteiger partial charge >= 0.3 is 0 Å². The Hall–Kier alpha value is -7.79. The fourth-order valence-corrected chi connectivity index (χ4v) is 10.1. The van der Waals surface area contributed by atoms with Crippen molar-refractivity contribution in [1.82, 2.24) is 29.8 Å². The second-order valence-electron chi connectivity index (χ2n) is 19.1. The summed E-state index contributed by atoms with van der Waals surface area (Å²) in [6, 6.07) is 15.7. The van der Waals surface area contributed by atoms with Crippen LogP contribution in [-0.4, -0.2) is 116 Å². The van der Waals surface area contributed by atoms with Crippen LogP contribution in [0.3, 0.4) is 0 Å². The zero-order chi connectivity index (χ0) is 50.6. The number of likely N-dealkylation sites (tertiary alicyclic amines) is 1. The molecule has 6 N–H and O–H groups in total. The normalized spacial score (nSPS) is 19.6. The molecule has 20 heteroatoms. The Kier molecular flexibility index (Phi) is 14.3. The number of pyridine rings is 1. The molecule has 2 aromatic carbocycles. The predicted octanol–water partition coefficient (Wildman–Crippen LogP) is 5.58. The minimum atomic E-state index is -1.23. The summed E-state index contributed by atoms with van der Waals surface area (Å²) >= 11 is 0. The number of amides is 4. The van der Waals surface area contributed by atoms with E-state index in [4.69, 9.17) is 20.7 Å². The van der Waals surface area contributed by atoms with E-state index < -0.39 is 28.8 Å². The molecule has 1 unspecified atom stereocenters. The maximum absolute atomic E-state index is 15.3. The van der Waals surface area contributed by atoms with Gasteiger partial charge in [-0.1, -0.05) is 6.92 Å². The zero-order valence-electron chi connectivity index (χ0n) is 40.0. The maximum Gasteiger partial charge on any atom is 0.249 e. The first kappa shape index (κ1) is 49.2. The second kappa shape index (κ2) is 20.9. The number of rotatable bonds is 13. The van der Waals surface area contributed by atoms with E-state index in [9.17, 15) is 33.9 Å². The average molecular weight is 982 g/mol. The van der Waals surface area contributed by atoms with E-state index in [0.717, 1.165) is 5.82 Å². The molecule has 72 heavy (non-hydrogen) atoms. The largest absolute Gasteiger partial charge is 0.404 e. The van der Waals surface area contributed by atoms with Gasteiger partial charge in [-0.3, -0.25) is 29.5 Å². The summed E-state index contributed by atoms with van der Waals surface area (Å²) in [5.74, 6) is -1.10. The van der Waals surface area contributed by atoms with Gasteiger partial charge in [0.1, 0.15) is 40.6 Å². The number of benzene rings is 2. The number of piperidine rings is 4. The molecule has 7 heterocycles. The van der Waals surface area contributed by atoms with Crippen molar-refractivity contribution in [2.24, 2.45) is 16.1 Å². The number of hydrogen-bond donors (Lipinski definition) is 5. The van der Waals surface area contributed by atoms with Crippen LogP contribution >= 0.6 is 0 Å². The lowest BCUT2D eigenvalue weighted by Gasteiger charge is -2.40. The monoisotopic (exact) mass is 981 g/mol. The number of halogens is 2. The molecule has 4 aliphatic rings. The molecule has 5 aromatic rings. The minimum Gasteiger partial charge on any atom is -0.404 e. The molecular formula is C52H57F2N13O5. The van der Waals surface area contributed by atoms with Crippen molar-refractivity contribution >= 4 is 63.8 Å². The van der Waals surface area contributed by atoms with Crippen molar-refractivity contribution in [3.05, 3.63) is 102 Å². The molecule has 0 spiro atoms. The highest BCUT2D eigenvalue weighted by Crippen LogP contribution is 2.38. The number of carbonyl (C=O) groups excluding carboxylic acids is 4. The van der Waals surface area contributed by atoms with Crippen LogP contribution in [0.4, 0.5) is 31.7 Å². The van der Waals surface area contributed by atoms with Gasteiger partial charge in [-0.05, 0) is 106 Å². The van der Waals surface area contributed by atoms with Crippen molar-refractivity contribution in [2.45, 2.75) is 88.8 Å². The third-order valence-corrected chi connectivity index (χ3v) is 14.7. The van der Waals surface area contributed by atoms with Gasteiger partial charge in [-0.25, -0.2) is 23.3 Å². The van der Waals surface area contributed by atoms with E-state index in [0.29, 0.717) is 128 Å². The van der Waals surface area contributed by atoms with Gasteiger partial charge in [0.15, 0.2) is 0 Å². The maximum atomic E-state index is 15.3. The molecule has 18 nitrogen and oxygen atoms in total. The van der Waals surface area contributed by atoms with E-state index in [1.165, 1.54) is 30.6 Å². The van der Waals surface area contributed by atoms with Crippen LogP contribution in [0, 0.1) is 28.4 Å². The standard InChI is InChI=1S/C52H57F2N13O5/c1-2-51(50(71)61-38-6-4-36(53)5-7-38)15-21-65(22-16-51)44-11-3-33(29-58-44)47-48-35(28-56)31-59-67(48)32-42(62-47)34(27-55)30-57-37-13-19-66(20-14-37)46(69)26-52(72)17-23-64(24-18-52)43-10-8-39(25-40(43)54)60-41-9-12-45(68)63-49(41)70/h3-8,10-11,25,27,29-32,37,41,60,72H,2,9,12-24,26,55H2,1H3,(H,61,71)(H,63,68,70). The molecule has 9 rings (SSSR count). The fraction of sp³-hybridized carbons (Fsp3) is 0.404. The zero-order valence-corrected chi connectivity index (χ0v) is 40.0. The van der Waals surface area contributed by atoms with Crippen LogP contribution in [0.15, 0.2) is 84.4 Å². The van der Waals surface area contributed by atoms with E-state index in [2.05, 4.69) is 32.0 Å². The highest BCUT2D eigenvalue weighted by atomic mass is 19.1.